The van der Waals surface area contributed by atoms with Crippen LogP contribution in [0.15, 0.2) is 42.5 Å². The number of hydrogen-bond acceptors (Lipinski definition) is 3. The predicted molar refractivity (Wildman–Crippen MR) is 91.7 cm³/mol. The number of benzene rings is 2. The van der Waals surface area contributed by atoms with E-state index >= 15 is 0 Å². The topological polar surface area (TPSA) is 30.5 Å². The van der Waals surface area contributed by atoms with Crippen LogP contribution >= 0.6 is 0 Å². The Labute approximate surface area is 133 Å². The summed E-state index contributed by atoms with van der Waals surface area (Å²) in [4.78, 5) is 0. The minimum Gasteiger partial charge on any atom is -0.491 e. The van der Waals surface area contributed by atoms with Crippen molar-refractivity contribution in [3.05, 3.63) is 59.2 Å². The molecule has 0 unspecified atom stereocenters. The molecule has 0 amide bonds. The van der Waals surface area contributed by atoms with Gasteiger partial charge < -0.3 is 14.8 Å². The molecule has 0 aromatic heterocycles. The van der Waals surface area contributed by atoms with Crippen molar-refractivity contribution in [3.63, 3.8) is 0 Å². The maximum atomic E-state index is 5.70. The molecule has 2 aromatic rings. The van der Waals surface area contributed by atoms with Gasteiger partial charge in [0, 0.05) is 18.8 Å². The average molecular weight is 299 g/mol. The van der Waals surface area contributed by atoms with Crippen LogP contribution in [-0.4, -0.2) is 19.8 Å². The molecule has 0 aliphatic rings. The van der Waals surface area contributed by atoms with E-state index in [0.29, 0.717) is 13.2 Å². The molecule has 0 saturated carbocycles. The van der Waals surface area contributed by atoms with Crippen molar-refractivity contribution < 1.29 is 9.47 Å². The quantitative estimate of drug-likeness (QED) is 0.736. The smallest absolute Gasteiger partial charge is 0.119 e. The van der Waals surface area contributed by atoms with E-state index in [1.807, 2.05) is 19.1 Å². The summed E-state index contributed by atoms with van der Waals surface area (Å²) in [6, 6.07) is 14.5. The second-order valence-corrected chi connectivity index (χ2v) is 5.31. The van der Waals surface area contributed by atoms with E-state index in [-0.39, 0.29) is 0 Å². The minimum absolute atomic E-state index is 0.585. The highest BCUT2D eigenvalue weighted by atomic mass is 16.5. The van der Waals surface area contributed by atoms with Gasteiger partial charge in [0.05, 0.1) is 6.61 Å². The van der Waals surface area contributed by atoms with Gasteiger partial charge in [0.1, 0.15) is 12.4 Å². The molecule has 3 heteroatoms. The molecule has 0 atom stereocenters. The lowest BCUT2D eigenvalue weighted by Crippen LogP contribution is -2.07. The van der Waals surface area contributed by atoms with E-state index in [1.165, 1.54) is 22.4 Å². The van der Waals surface area contributed by atoms with Gasteiger partial charge in [0.2, 0.25) is 0 Å². The first-order valence-electron chi connectivity index (χ1n) is 7.80. The molecule has 0 aliphatic carbocycles. The Morgan fingerprint density at radius 3 is 2.41 bits per heavy atom. The molecule has 0 spiro atoms. The molecule has 0 bridgehead atoms. The molecular formula is C19H25NO2. The summed E-state index contributed by atoms with van der Waals surface area (Å²) in [5.74, 6) is 0.889. The Morgan fingerprint density at radius 1 is 0.955 bits per heavy atom. The van der Waals surface area contributed by atoms with Crippen molar-refractivity contribution in [2.45, 2.75) is 27.3 Å². The van der Waals surface area contributed by atoms with Gasteiger partial charge in [-0.3, -0.25) is 0 Å². The Balaban J connectivity index is 1.93. The molecule has 1 N–H and O–H groups in total. The Morgan fingerprint density at radius 2 is 1.68 bits per heavy atom. The molecule has 22 heavy (non-hydrogen) atoms. The third-order valence-electron chi connectivity index (χ3n) is 3.55. The summed E-state index contributed by atoms with van der Waals surface area (Å²) in [6.45, 7) is 8.96. The molecule has 2 aromatic carbocycles. The summed E-state index contributed by atoms with van der Waals surface area (Å²) in [5, 5.41) is 3.52. The van der Waals surface area contributed by atoms with Gasteiger partial charge >= 0.3 is 0 Å². The lowest BCUT2D eigenvalue weighted by Gasteiger charge is -2.13. The molecule has 0 saturated heterocycles. The first-order valence-corrected chi connectivity index (χ1v) is 7.80. The maximum absolute atomic E-state index is 5.70. The molecule has 0 aliphatic heterocycles. The highest BCUT2D eigenvalue weighted by Gasteiger charge is 2.02. The third kappa shape index (κ3) is 4.78. The second-order valence-electron chi connectivity index (χ2n) is 5.31. The molecule has 0 heterocycles. The first-order chi connectivity index (χ1) is 10.7. The zero-order chi connectivity index (χ0) is 15.8. The van der Waals surface area contributed by atoms with Crippen molar-refractivity contribution in [1.82, 2.24) is 0 Å². The summed E-state index contributed by atoms with van der Waals surface area (Å²) < 4.78 is 11.0. The van der Waals surface area contributed by atoms with Crippen molar-refractivity contribution in [2.75, 3.05) is 25.1 Å². The van der Waals surface area contributed by atoms with Crippen LogP contribution < -0.4 is 10.1 Å². The van der Waals surface area contributed by atoms with E-state index < -0.39 is 0 Å². The number of ether oxygens (including phenoxy) is 2. The fourth-order valence-corrected chi connectivity index (χ4v) is 2.39. The van der Waals surface area contributed by atoms with Crippen LogP contribution in [0, 0.1) is 13.8 Å². The summed E-state index contributed by atoms with van der Waals surface area (Å²) in [6.07, 6.45) is 0. The van der Waals surface area contributed by atoms with Crippen molar-refractivity contribution >= 4 is 5.69 Å². The van der Waals surface area contributed by atoms with Gasteiger partial charge in [-0.05, 0) is 49.6 Å². The lowest BCUT2D eigenvalue weighted by atomic mass is 10.1. The fraction of sp³-hybridized carbons (Fsp3) is 0.368. The van der Waals surface area contributed by atoms with Crippen molar-refractivity contribution in [3.8, 4) is 5.75 Å². The van der Waals surface area contributed by atoms with Gasteiger partial charge in [-0.1, -0.05) is 30.3 Å². The summed E-state index contributed by atoms with van der Waals surface area (Å²) in [5.41, 5.74) is 4.95. The molecule has 0 radical (unpaired) electrons. The summed E-state index contributed by atoms with van der Waals surface area (Å²) in [7, 11) is 0. The summed E-state index contributed by atoms with van der Waals surface area (Å²) >= 11 is 0. The van der Waals surface area contributed by atoms with Crippen molar-refractivity contribution in [1.29, 1.82) is 0 Å². The van der Waals surface area contributed by atoms with E-state index in [0.717, 1.165) is 18.9 Å². The predicted octanol–water partition coefficient (Wildman–Crippen LogP) is 4.33. The third-order valence-corrected chi connectivity index (χ3v) is 3.55. The zero-order valence-corrected chi connectivity index (χ0v) is 13.7. The fourth-order valence-electron chi connectivity index (χ4n) is 2.39. The normalized spacial score (nSPS) is 10.5. The highest BCUT2D eigenvalue weighted by Crippen LogP contribution is 2.21. The molecule has 2 rings (SSSR count). The lowest BCUT2D eigenvalue weighted by molar-refractivity contribution is 0.110. The van der Waals surface area contributed by atoms with Crippen LogP contribution in [0.4, 0.5) is 5.69 Å². The largest absolute Gasteiger partial charge is 0.491 e. The van der Waals surface area contributed by atoms with Gasteiger partial charge in [-0.25, -0.2) is 0 Å². The number of rotatable bonds is 8. The highest BCUT2D eigenvalue weighted by molar-refractivity contribution is 5.56. The second kappa shape index (κ2) is 8.44. The van der Waals surface area contributed by atoms with Crippen LogP contribution in [-0.2, 0) is 11.3 Å². The molecule has 3 nitrogen and oxygen atoms in total. The van der Waals surface area contributed by atoms with Crippen molar-refractivity contribution in [2.24, 2.45) is 0 Å². The average Bonchev–Trinajstić information content (AvgIpc) is 2.52. The Kier molecular flexibility index (Phi) is 6.28. The minimum atomic E-state index is 0.585. The van der Waals surface area contributed by atoms with E-state index in [2.05, 4.69) is 49.5 Å². The molecule has 0 fully saturated rings. The van der Waals surface area contributed by atoms with Crippen LogP contribution in [0.1, 0.15) is 23.6 Å². The zero-order valence-electron chi connectivity index (χ0n) is 13.7. The Bertz CT molecular complexity index is 575. The van der Waals surface area contributed by atoms with E-state index in [1.54, 1.807) is 0 Å². The maximum Gasteiger partial charge on any atom is 0.119 e. The molecular weight excluding hydrogens is 274 g/mol. The van der Waals surface area contributed by atoms with Gasteiger partial charge in [-0.15, -0.1) is 0 Å². The van der Waals surface area contributed by atoms with Gasteiger partial charge in [-0.2, -0.15) is 0 Å². The Hall–Kier alpha value is -2.00. The number of aryl methyl sites for hydroxylation is 2. The van der Waals surface area contributed by atoms with Crippen LogP contribution in [0.5, 0.6) is 5.75 Å². The van der Waals surface area contributed by atoms with E-state index in [4.69, 9.17) is 9.47 Å². The standard InChI is InChI=1S/C19H25NO2/c1-4-21-11-12-22-18-10-6-9-17(13-18)14-20-19-15(2)7-5-8-16(19)3/h5-10,13,20H,4,11-12,14H2,1-3H3. The van der Waals surface area contributed by atoms with E-state index in [9.17, 15) is 0 Å². The number of anilines is 1. The number of nitrogens with one attached hydrogen (secondary N) is 1. The first kappa shape index (κ1) is 16.4. The number of para-hydroxylation sites is 1. The van der Waals surface area contributed by atoms with Gasteiger partial charge in [0.25, 0.3) is 0 Å². The van der Waals surface area contributed by atoms with Gasteiger partial charge in [0.15, 0.2) is 0 Å². The van der Waals surface area contributed by atoms with Crippen LogP contribution in [0.25, 0.3) is 0 Å². The molecule has 118 valence electrons. The van der Waals surface area contributed by atoms with Crippen LogP contribution in [0.3, 0.4) is 0 Å². The SMILES string of the molecule is CCOCCOc1cccc(CNc2c(C)cccc2C)c1. The monoisotopic (exact) mass is 299 g/mol. The van der Waals surface area contributed by atoms with Crippen LogP contribution in [0.2, 0.25) is 0 Å². The number of hydrogen-bond donors (Lipinski definition) is 1.